The summed E-state index contributed by atoms with van der Waals surface area (Å²) in [4.78, 5) is 2.45. The van der Waals surface area contributed by atoms with Gasteiger partial charge in [0, 0.05) is 36.5 Å². The first-order chi connectivity index (χ1) is 12.0. The van der Waals surface area contributed by atoms with E-state index in [2.05, 4.69) is 56.5 Å². The Morgan fingerprint density at radius 1 is 1.20 bits per heavy atom. The van der Waals surface area contributed by atoms with Crippen molar-refractivity contribution in [3.05, 3.63) is 40.1 Å². The molecule has 136 valence electrons. The molecule has 1 aliphatic heterocycles. The van der Waals surface area contributed by atoms with E-state index in [4.69, 9.17) is 10.8 Å². The number of fused-ring (bicyclic) bond motifs is 1. The minimum absolute atomic E-state index is 0.506. The Kier molecular flexibility index (Phi) is 5.19. The molecule has 0 radical (unpaired) electrons. The van der Waals surface area contributed by atoms with Crippen molar-refractivity contribution in [2.45, 2.75) is 59.3 Å². The zero-order valence-corrected chi connectivity index (χ0v) is 16.4. The zero-order valence-electron chi connectivity index (χ0n) is 16.4. The molecule has 0 bridgehead atoms. The molecule has 1 aromatic carbocycles. The van der Waals surface area contributed by atoms with Crippen molar-refractivity contribution in [2.75, 3.05) is 18.0 Å². The highest BCUT2D eigenvalue weighted by Gasteiger charge is 2.29. The second-order valence-corrected chi connectivity index (χ2v) is 7.50. The maximum atomic E-state index is 5.87. The molecular weight excluding hydrogens is 308 g/mol. The van der Waals surface area contributed by atoms with Crippen LogP contribution in [0.2, 0.25) is 0 Å². The van der Waals surface area contributed by atoms with Crippen LogP contribution in [0.5, 0.6) is 0 Å². The molecule has 1 unspecified atom stereocenters. The summed E-state index contributed by atoms with van der Waals surface area (Å²) in [5, 5.41) is 4.97. The number of aromatic nitrogens is 2. The van der Waals surface area contributed by atoms with Crippen LogP contribution in [0.3, 0.4) is 0 Å². The van der Waals surface area contributed by atoms with Crippen LogP contribution in [0.15, 0.2) is 12.1 Å². The summed E-state index contributed by atoms with van der Waals surface area (Å²) < 4.78 is 2.12. The first-order valence-corrected chi connectivity index (χ1v) is 9.59. The third-order valence-corrected chi connectivity index (χ3v) is 5.54. The van der Waals surface area contributed by atoms with E-state index in [1.807, 2.05) is 0 Å². The highest BCUT2D eigenvalue weighted by Crippen LogP contribution is 2.40. The number of nitrogens with two attached hydrogens (primary N) is 1. The van der Waals surface area contributed by atoms with E-state index >= 15 is 0 Å². The van der Waals surface area contributed by atoms with E-state index in [-0.39, 0.29) is 0 Å². The van der Waals surface area contributed by atoms with Gasteiger partial charge in [0.2, 0.25) is 0 Å². The van der Waals surface area contributed by atoms with Gasteiger partial charge in [-0.05, 0) is 64.1 Å². The van der Waals surface area contributed by atoms with Gasteiger partial charge in [0.1, 0.15) is 0 Å². The van der Waals surface area contributed by atoms with Gasteiger partial charge in [0.25, 0.3) is 0 Å². The first-order valence-electron chi connectivity index (χ1n) is 9.59. The SMILES string of the molecule is CCC(CCN)c1c2c(nn1C)N(c1c(C)cc(C)cc1C)CCC2. The lowest BCUT2D eigenvalue weighted by molar-refractivity contribution is 0.552. The quantitative estimate of drug-likeness (QED) is 0.884. The summed E-state index contributed by atoms with van der Waals surface area (Å²) in [6.07, 6.45) is 4.45. The molecule has 2 N–H and O–H groups in total. The second-order valence-electron chi connectivity index (χ2n) is 7.50. The zero-order chi connectivity index (χ0) is 18.1. The van der Waals surface area contributed by atoms with Gasteiger partial charge >= 0.3 is 0 Å². The number of rotatable bonds is 5. The average molecular weight is 341 g/mol. The van der Waals surface area contributed by atoms with Crippen LogP contribution in [0.4, 0.5) is 11.5 Å². The molecule has 1 aliphatic rings. The standard InChI is InChI=1S/C21H32N4/c1-6-17(9-10-22)20-18-8-7-11-25(21(18)23-24(20)5)19-15(3)12-14(2)13-16(19)4/h12-13,17H,6-11,22H2,1-5H3. The van der Waals surface area contributed by atoms with Crippen LogP contribution < -0.4 is 10.6 Å². The highest BCUT2D eigenvalue weighted by molar-refractivity contribution is 5.71. The maximum absolute atomic E-state index is 5.87. The first kappa shape index (κ1) is 18.0. The summed E-state index contributed by atoms with van der Waals surface area (Å²) in [5.74, 6) is 1.67. The van der Waals surface area contributed by atoms with Gasteiger partial charge in [0.15, 0.2) is 5.82 Å². The van der Waals surface area contributed by atoms with Crippen molar-refractivity contribution >= 4 is 11.5 Å². The number of hydrogen-bond acceptors (Lipinski definition) is 3. The van der Waals surface area contributed by atoms with E-state index in [0.29, 0.717) is 5.92 Å². The monoisotopic (exact) mass is 340 g/mol. The van der Waals surface area contributed by atoms with Crippen molar-refractivity contribution in [3.63, 3.8) is 0 Å². The van der Waals surface area contributed by atoms with E-state index in [9.17, 15) is 0 Å². The molecule has 0 saturated heterocycles. The molecule has 0 fully saturated rings. The molecule has 1 atom stereocenters. The van der Waals surface area contributed by atoms with Gasteiger partial charge in [-0.3, -0.25) is 4.68 Å². The number of benzene rings is 1. The predicted octanol–water partition coefficient (Wildman–Crippen LogP) is 4.27. The topological polar surface area (TPSA) is 47.1 Å². The molecule has 4 heteroatoms. The fourth-order valence-electron chi connectivity index (χ4n) is 4.60. The lowest BCUT2D eigenvalue weighted by Crippen LogP contribution is -2.26. The summed E-state index contributed by atoms with van der Waals surface area (Å²) in [5.41, 5.74) is 14.0. The van der Waals surface area contributed by atoms with Crippen LogP contribution in [-0.2, 0) is 13.5 Å². The van der Waals surface area contributed by atoms with Crippen LogP contribution >= 0.6 is 0 Å². The van der Waals surface area contributed by atoms with Crippen LogP contribution in [0.1, 0.15) is 60.1 Å². The molecule has 0 saturated carbocycles. The van der Waals surface area contributed by atoms with E-state index in [0.717, 1.165) is 38.2 Å². The van der Waals surface area contributed by atoms with Crippen molar-refractivity contribution in [2.24, 2.45) is 12.8 Å². The Balaban J connectivity index is 2.10. The van der Waals surface area contributed by atoms with Gasteiger partial charge in [-0.15, -0.1) is 0 Å². The minimum atomic E-state index is 0.506. The molecule has 2 heterocycles. The Morgan fingerprint density at radius 2 is 1.88 bits per heavy atom. The van der Waals surface area contributed by atoms with Gasteiger partial charge in [-0.2, -0.15) is 5.10 Å². The van der Waals surface area contributed by atoms with Gasteiger partial charge in [-0.1, -0.05) is 24.6 Å². The van der Waals surface area contributed by atoms with Gasteiger partial charge in [0.05, 0.1) is 0 Å². The van der Waals surface area contributed by atoms with Gasteiger partial charge in [-0.25, -0.2) is 0 Å². The summed E-state index contributed by atoms with van der Waals surface area (Å²) in [6.45, 7) is 10.6. The molecule has 1 aromatic heterocycles. The minimum Gasteiger partial charge on any atom is -0.330 e. The molecule has 0 amide bonds. The van der Waals surface area contributed by atoms with Crippen molar-refractivity contribution < 1.29 is 0 Å². The Morgan fingerprint density at radius 3 is 2.48 bits per heavy atom. The normalized spacial score (nSPS) is 15.4. The Hall–Kier alpha value is -1.81. The molecule has 0 spiro atoms. The van der Waals surface area contributed by atoms with Gasteiger partial charge < -0.3 is 10.6 Å². The number of hydrogen-bond donors (Lipinski definition) is 1. The second kappa shape index (κ2) is 7.20. The maximum Gasteiger partial charge on any atom is 0.158 e. The number of aryl methyl sites for hydroxylation is 4. The lowest BCUT2D eigenvalue weighted by atomic mass is 9.91. The van der Waals surface area contributed by atoms with Crippen molar-refractivity contribution in [1.82, 2.24) is 9.78 Å². The molecule has 3 rings (SSSR count). The number of nitrogens with zero attached hydrogens (tertiary/aromatic N) is 3. The average Bonchev–Trinajstić information content (AvgIpc) is 2.88. The van der Waals surface area contributed by atoms with Crippen molar-refractivity contribution in [1.29, 1.82) is 0 Å². The predicted molar refractivity (Wildman–Crippen MR) is 106 cm³/mol. The number of anilines is 2. The molecule has 25 heavy (non-hydrogen) atoms. The van der Waals surface area contributed by atoms with Crippen molar-refractivity contribution in [3.8, 4) is 0 Å². The third-order valence-electron chi connectivity index (χ3n) is 5.54. The molecule has 2 aromatic rings. The fraction of sp³-hybridized carbons (Fsp3) is 0.571. The van der Waals surface area contributed by atoms with Crippen LogP contribution in [-0.4, -0.2) is 22.9 Å². The summed E-state index contributed by atoms with van der Waals surface area (Å²) in [6, 6.07) is 4.56. The van der Waals surface area contributed by atoms with E-state index in [1.165, 1.54) is 40.1 Å². The fourth-order valence-corrected chi connectivity index (χ4v) is 4.60. The van der Waals surface area contributed by atoms with E-state index in [1.54, 1.807) is 0 Å². The van der Waals surface area contributed by atoms with Crippen LogP contribution in [0.25, 0.3) is 0 Å². The molecule has 4 nitrogen and oxygen atoms in total. The smallest absolute Gasteiger partial charge is 0.158 e. The largest absolute Gasteiger partial charge is 0.330 e. The summed E-state index contributed by atoms with van der Waals surface area (Å²) >= 11 is 0. The third kappa shape index (κ3) is 3.20. The summed E-state index contributed by atoms with van der Waals surface area (Å²) in [7, 11) is 2.10. The molecular formula is C21H32N4. The van der Waals surface area contributed by atoms with Crippen LogP contribution in [0, 0.1) is 20.8 Å². The highest BCUT2D eigenvalue weighted by atomic mass is 15.4. The Labute approximate surface area is 152 Å². The lowest BCUT2D eigenvalue weighted by Gasteiger charge is -2.31. The van der Waals surface area contributed by atoms with E-state index < -0.39 is 0 Å². The Bertz CT molecular complexity index is 736. The molecule has 0 aliphatic carbocycles.